The van der Waals surface area contributed by atoms with Gasteiger partial charge < -0.3 is 15.4 Å². The second-order valence-corrected chi connectivity index (χ2v) is 5.86. The lowest BCUT2D eigenvalue weighted by Gasteiger charge is -2.34. The molecule has 0 spiro atoms. The smallest absolute Gasteiger partial charge is 0.224 e. The maximum absolute atomic E-state index is 13.0. The summed E-state index contributed by atoms with van der Waals surface area (Å²) < 4.78 is 18.6. The minimum absolute atomic E-state index is 0.0617. The van der Waals surface area contributed by atoms with Crippen molar-refractivity contribution in [1.82, 2.24) is 4.90 Å². The molecule has 2 rings (SSSR count). The predicted molar refractivity (Wildman–Crippen MR) is 79.1 cm³/mol. The normalized spacial score (nSPS) is 20.6. The van der Waals surface area contributed by atoms with Crippen LogP contribution < -0.4 is 5.73 Å². The molecule has 1 aromatic rings. The van der Waals surface area contributed by atoms with E-state index in [2.05, 4.69) is 0 Å². The predicted octanol–water partition coefficient (Wildman–Crippen LogP) is 2.10. The molecular weight excluding hydrogens is 271 g/mol. The van der Waals surface area contributed by atoms with Gasteiger partial charge in [-0.05, 0) is 23.6 Å². The molecule has 0 aliphatic carbocycles. The number of nitrogens with two attached hydrogens (primary N) is 1. The average Bonchev–Trinajstić information content (AvgIpc) is 2.48. The Labute approximate surface area is 125 Å². The van der Waals surface area contributed by atoms with Crippen molar-refractivity contribution in [3.8, 4) is 0 Å². The van der Waals surface area contributed by atoms with Crippen LogP contribution in [-0.2, 0) is 9.53 Å². The molecule has 2 atom stereocenters. The molecule has 4 nitrogen and oxygen atoms in total. The highest BCUT2D eigenvalue weighted by atomic mass is 19.1. The lowest BCUT2D eigenvalue weighted by atomic mass is 10.0. The number of hydrogen-bond acceptors (Lipinski definition) is 3. The molecule has 1 saturated heterocycles. The summed E-state index contributed by atoms with van der Waals surface area (Å²) in [5.41, 5.74) is 6.86. The van der Waals surface area contributed by atoms with Crippen LogP contribution in [0.2, 0.25) is 0 Å². The van der Waals surface area contributed by atoms with E-state index in [1.807, 2.05) is 13.8 Å². The number of halogens is 1. The van der Waals surface area contributed by atoms with E-state index in [-0.39, 0.29) is 29.8 Å². The fourth-order valence-corrected chi connectivity index (χ4v) is 2.32. The number of rotatable bonds is 4. The maximum Gasteiger partial charge on any atom is 0.224 e. The third-order valence-electron chi connectivity index (χ3n) is 3.93. The number of morpholine rings is 1. The lowest BCUT2D eigenvalue weighted by Crippen LogP contribution is -2.44. The van der Waals surface area contributed by atoms with E-state index in [4.69, 9.17) is 10.5 Å². The highest BCUT2D eigenvalue weighted by Crippen LogP contribution is 2.23. The molecule has 0 saturated carbocycles. The largest absolute Gasteiger partial charge is 0.370 e. The average molecular weight is 294 g/mol. The van der Waals surface area contributed by atoms with E-state index in [0.29, 0.717) is 26.1 Å². The van der Waals surface area contributed by atoms with Gasteiger partial charge in [-0.15, -0.1) is 0 Å². The Morgan fingerprint density at radius 2 is 2.10 bits per heavy atom. The van der Waals surface area contributed by atoms with Crippen molar-refractivity contribution < 1.29 is 13.9 Å². The third kappa shape index (κ3) is 4.25. The van der Waals surface area contributed by atoms with Crippen LogP contribution in [0.1, 0.15) is 31.9 Å². The second kappa shape index (κ2) is 7.00. The van der Waals surface area contributed by atoms with Gasteiger partial charge >= 0.3 is 0 Å². The van der Waals surface area contributed by atoms with Gasteiger partial charge in [0.1, 0.15) is 11.9 Å². The van der Waals surface area contributed by atoms with Crippen LogP contribution in [-0.4, -0.2) is 36.5 Å². The monoisotopic (exact) mass is 294 g/mol. The quantitative estimate of drug-likeness (QED) is 0.925. The first-order valence-electron chi connectivity index (χ1n) is 7.38. The van der Waals surface area contributed by atoms with Crippen LogP contribution in [0.15, 0.2) is 24.3 Å². The number of carbonyl (C=O) groups is 1. The minimum atomic E-state index is -0.273. The van der Waals surface area contributed by atoms with E-state index >= 15 is 0 Å². The molecule has 1 heterocycles. The summed E-state index contributed by atoms with van der Waals surface area (Å²) in [6.07, 6.45) is 0.159. The van der Waals surface area contributed by atoms with Crippen LogP contribution in [0, 0.1) is 11.7 Å². The Bertz CT molecular complexity index is 476. The van der Waals surface area contributed by atoms with Crippen molar-refractivity contribution in [1.29, 1.82) is 0 Å². The van der Waals surface area contributed by atoms with Crippen molar-refractivity contribution in [2.75, 3.05) is 19.7 Å². The molecule has 116 valence electrons. The topological polar surface area (TPSA) is 55.6 Å². The van der Waals surface area contributed by atoms with Crippen molar-refractivity contribution in [2.24, 2.45) is 11.7 Å². The van der Waals surface area contributed by atoms with Crippen molar-refractivity contribution in [2.45, 2.75) is 32.4 Å². The summed E-state index contributed by atoms with van der Waals surface area (Å²) in [5.74, 6) is 0.0693. The molecule has 21 heavy (non-hydrogen) atoms. The summed E-state index contributed by atoms with van der Waals surface area (Å²) in [5, 5.41) is 0. The van der Waals surface area contributed by atoms with Crippen LogP contribution >= 0.6 is 0 Å². The van der Waals surface area contributed by atoms with Crippen LogP contribution in [0.5, 0.6) is 0 Å². The fraction of sp³-hybridized carbons (Fsp3) is 0.562. The molecule has 1 aromatic carbocycles. The number of benzene rings is 1. The van der Waals surface area contributed by atoms with Crippen LogP contribution in [0.3, 0.4) is 0 Å². The molecule has 0 aromatic heterocycles. The Morgan fingerprint density at radius 1 is 1.43 bits per heavy atom. The number of ether oxygens (including phenoxy) is 1. The van der Waals surface area contributed by atoms with E-state index in [1.54, 1.807) is 17.0 Å². The molecule has 5 heteroatoms. The van der Waals surface area contributed by atoms with Gasteiger partial charge in [0.15, 0.2) is 0 Å². The Balaban J connectivity index is 1.97. The van der Waals surface area contributed by atoms with Gasteiger partial charge in [-0.1, -0.05) is 26.0 Å². The highest BCUT2D eigenvalue weighted by molar-refractivity contribution is 5.77. The van der Waals surface area contributed by atoms with Gasteiger partial charge in [-0.25, -0.2) is 4.39 Å². The first-order valence-corrected chi connectivity index (χ1v) is 7.38. The van der Waals surface area contributed by atoms with Gasteiger partial charge in [0.25, 0.3) is 0 Å². The summed E-state index contributed by atoms with van der Waals surface area (Å²) >= 11 is 0. The molecule has 2 N–H and O–H groups in total. The zero-order valence-corrected chi connectivity index (χ0v) is 12.6. The molecule has 1 aliphatic rings. The fourth-order valence-electron chi connectivity index (χ4n) is 2.32. The SMILES string of the molecule is CC(C)C(N)CC(=O)N1CCOC(c2ccc(F)cc2)C1. The van der Waals surface area contributed by atoms with E-state index in [9.17, 15) is 9.18 Å². The Hall–Kier alpha value is -1.46. The first-order chi connectivity index (χ1) is 9.97. The van der Waals surface area contributed by atoms with Gasteiger partial charge in [0.05, 0.1) is 13.2 Å². The van der Waals surface area contributed by atoms with Gasteiger partial charge in [-0.2, -0.15) is 0 Å². The number of carbonyl (C=O) groups excluding carboxylic acids is 1. The second-order valence-electron chi connectivity index (χ2n) is 5.86. The van der Waals surface area contributed by atoms with Crippen molar-refractivity contribution >= 4 is 5.91 Å². The highest BCUT2D eigenvalue weighted by Gasteiger charge is 2.26. The molecule has 1 amide bonds. The standard InChI is InChI=1S/C16H23FN2O2/c1-11(2)14(18)9-16(20)19-7-8-21-15(10-19)12-3-5-13(17)6-4-12/h3-6,11,14-15H,7-10,18H2,1-2H3. The molecule has 2 unspecified atom stereocenters. The van der Waals surface area contributed by atoms with E-state index in [0.717, 1.165) is 5.56 Å². The van der Waals surface area contributed by atoms with Crippen LogP contribution in [0.4, 0.5) is 4.39 Å². The summed E-state index contributed by atoms with van der Waals surface area (Å²) in [4.78, 5) is 14.1. The van der Waals surface area contributed by atoms with E-state index < -0.39 is 0 Å². The maximum atomic E-state index is 13.0. The van der Waals surface area contributed by atoms with E-state index in [1.165, 1.54) is 12.1 Å². The summed E-state index contributed by atoms with van der Waals surface area (Å²) in [6, 6.07) is 6.11. The van der Waals surface area contributed by atoms with Crippen molar-refractivity contribution in [3.63, 3.8) is 0 Å². The Morgan fingerprint density at radius 3 is 2.71 bits per heavy atom. The number of nitrogens with zero attached hydrogens (tertiary/aromatic N) is 1. The van der Waals surface area contributed by atoms with Gasteiger partial charge in [-0.3, -0.25) is 4.79 Å². The molecule has 1 fully saturated rings. The minimum Gasteiger partial charge on any atom is -0.370 e. The number of amides is 1. The zero-order chi connectivity index (χ0) is 15.4. The summed E-state index contributed by atoms with van der Waals surface area (Å²) in [7, 11) is 0. The van der Waals surface area contributed by atoms with Gasteiger partial charge in [0.2, 0.25) is 5.91 Å². The zero-order valence-electron chi connectivity index (χ0n) is 12.6. The first kappa shape index (κ1) is 15.9. The lowest BCUT2D eigenvalue weighted by molar-refractivity contribution is -0.139. The molecular formula is C16H23FN2O2. The van der Waals surface area contributed by atoms with Crippen LogP contribution in [0.25, 0.3) is 0 Å². The van der Waals surface area contributed by atoms with Gasteiger partial charge in [0, 0.05) is 19.0 Å². The number of hydrogen-bond donors (Lipinski definition) is 1. The third-order valence-corrected chi connectivity index (χ3v) is 3.93. The summed E-state index contributed by atoms with van der Waals surface area (Å²) in [6.45, 7) is 5.60. The molecule has 0 radical (unpaired) electrons. The molecule has 0 bridgehead atoms. The van der Waals surface area contributed by atoms with Crippen molar-refractivity contribution in [3.05, 3.63) is 35.6 Å². The molecule has 1 aliphatic heterocycles. The Kier molecular flexibility index (Phi) is 5.31.